The average Bonchev–Trinajstić information content (AvgIpc) is 2.40. The van der Waals surface area contributed by atoms with Crippen molar-refractivity contribution in [2.75, 3.05) is 43.1 Å². The van der Waals surface area contributed by atoms with Crippen LogP contribution in [0.5, 0.6) is 0 Å². The number of carbonyl (C=O) groups excluding carboxylic acids is 1. The Morgan fingerprint density at radius 2 is 1.94 bits per heavy atom. The number of para-hydroxylation sites is 1. The van der Waals surface area contributed by atoms with Crippen molar-refractivity contribution in [2.45, 2.75) is 0 Å². The molecule has 0 bridgehead atoms. The number of anilines is 1. The molecule has 1 saturated heterocycles. The van der Waals surface area contributed by atoms with Gasteiger partial charge in [0.15, 0.2) is 0 Å². The molecule has 18 heavy (non-hydrogen) atoms. The fourth-order valence-electron chi connectivity index (χ4n) is 2.12. The number of hydrogen-bond donors (Lipinski definition) is 0. The molecule has 0 N–H and O–H groups in total. The molecule has 1 aromatic carbocycles. The Balaban J connectivity index is 1.95. The molecule has 0 radical (unpaired) electrons. The van der Waals surface area contributed by atoms with E-state index in [1.807, 2.05) is 22.1 Å². The molecule has 3 nitrogen and oxygen atoms in total. The molecule has 1 amide bonds. The zero-order valence-electron chi connectivity index (χ0n) is 10.4. The third-order valence-corrected chi connectivity index (χ3v) is 3.63. The largest absolute Gasteiger partial charge is 0.366 e. The van der Waals surface area contributed by atoms with Crippen molar-refractivity contribution in [3.63, 3.8) is 0 Å². The molecular weight excluding hydrogens is 251 g/mol. The first-order chi connectivity index (χ1) is 8.72. The highest BCUT2D eigenvalue weighted by Crippen LogP contribution is 2.20. The van der Waals surface area contributed by atoms with Gasteiger partial charge in [-0.05, 0) is 18.4 Å². The van der Waals surface area contributed by atoms with Crippen molar-refractivity contribution in [1.29, 1.82) is 0 Å². The fraction of sp³-hybridized carbons (Fsp3) is 0.462. The molecule has 0 aliphatic carbocycles. The summed E-state index contributed by atoms with van der Waals surface area (Å²) in [6.07, 6.45) is 1.92. The second kappa shape index (κ2) is 6.09. The summed E-state index contributed by atoms with van der Waals surface area (Å²) in [7, 11) is 0. The van der Waals surface area contributed by atoms with E-state index < -0.39 is 0 Å². The van der Waals surface area contributed by atoms with E-state index in [9.17, 15) is 9.18 Å². The van der Waals surface area contributed by atoms with Gasteiger partial charge in [0.1, 0.15) is 5.82 Å². The maximum absolute atomic E-state index is 13.6. The number of halogens is 1. The molecule has 1 aliphatic heterocycles. The van der Waals surface area contributed by atoms with E-state index >= 15 is 0 Å². The van der Waals surface area contributed by atoms with E-state index in [0.717, 1.165) is 0 Å². The molecule has 0 saturated carbocycles. The van der Waals surface area contributed by atoms with Gasteiger partial charge in [-0.1, -0.05) is 12.1 Å². The number of nitrogens with zero attached hydrogens (tertiary/aromatic N) is 2. The summed E-state index contributed by atoms with van der Waals surface area (Å²) < 4.78 is 13.6. The summed E-state index contributed by atoms with van der Waals surface area (Å²) >= 11 is 1.54. The second-order valence-corrected chi connectivity index (χ2v) is 5.12. The number of piperazine rings is 1. The highest BCUT2D eigenvalue weighted by Gasteiger charge is 2.21. The standard InChI is InChI=1S/C13H17FN2OS/c1-18-10-13(17)16-8-6-15(7-9-16)12-5-3-2-4-11(12)14/h2-5H,6-10H2,1H3. The van der Waals surface area contributed by atoms with Crippen molar-refractivity contribution in [3.8, 4) is 0 Å². The third-order valence-electron chi connectivity index (χ3n) is 3.09. The minimum Gasteiger partial charge on any atom is -0.366 e. The van der Waals surface area contributed by atoms with Gasteiger partial charge in [0, 0.05) is 26.2 Å². The van der Waals surface area contributed by atoms with Crippen LogP contribution < -0.4 is 4.90 Å². The monoisotopic (exact) mass is 268 g/mol. The Morgan fingerprint density at radius 1 is 1.28 bits per heavy atom. The maximum atomic E-state index is 13.6. The molecule has 5 heteroatoms. The average molecular weight is 268 g/mol. The van der Waals surface area contributed by atoms with Crippen LogP contribution in [0.25, 0.3) is 0 Å². The highest BCUT2D eigenvalue weighted by atomic mass is 32.2. The first-order valence-electron chi connectivity index (χ1n) is 5.98. The van der Waals surface area contributed by atoms with Crippen LogP contribution in [0, 0.1) is 5.82 Å². The third kappa shape index (κ3) is 2.96. The van der Waals surface area contributed by atoms with Crippen molar-refractivity contribution >= 4 is 23.4 Å². The quantitative estimate of drug-likeness (QED) is 0.835. The van der Waals surface area contributed by atoms with E-state index in [2.05, 4.69) is 0 Å². The smallest absolute Gasteiger partial charge is 0.232 e. The minimum absolute atomic E-state index is 0.177. The number of thioether (sulfide) groups is 1. The van der Waals surface area contributed by atoms with Gasteiger partial charge >= 0.3 is 0 Å². The summed E-state index contributed by atoms with van der Waals surface area (Å²) in [5.41, 5.74) is 0.634. The molecule has 98 valence electrons. The number of hydrogen-bond acceptors (Lipinski definition) is 3. The van der Waals surface area contributed by atoms with Gasteiger partial charge in [0.05, 0.1) is 11.4 Å². The maximum Gasteiger partial charge on any atom is 0.232 e. The summed E-state index contributed by atoms with van der Waals surface area (Å²) in [6, 6.07) is 6.79. The Kier molecular flexibility index (Phi) is 4.47. The second-order valence-electron chi connectivity index (χ2n) is 4.25. The topological polar surface area (TPSA) is 23.6 Å². The zero-order chi connectivity index (χ0) is 13.0. The van der Waals surface area contributed by atoms with Gasteiger partial charge < -0.3 is 9.80 Å². The van der Waals surface area contributed by atoms with Gasteiger partial charge in [-0.25, -0.2) is 4.39 Å². The summed E-state index contributed by atoms with van der Waals surface area (Å²) in [6.45, 7) is 2.74. The Labute approximate surface area is 111 Å². The van der Waals surface area contributed by atoms with Crippen LogP contribution in [0.15, 0.2) is 24.3 Å². The van der Waals surface area contributed by atoms with E-state index in [0.29, 0.717) is 37.6 Å². The van der Waals surface area contributed by atoms with Gasteiger partial charge in [0.2, 0.25) is 5.91 Å². The molecule has 1 aromatic rings. The molecule has 2 rings (SSSR count). The molecule has 0 aromatic heterocycles. The summed E-state index contributed by atoms with van der Waals surface area (Å²) in [5, 5.41) is 0. The van der Waals surface area contributed by atoms with Crippen molar-refractivity contribution < 1.29 is 9.18 Å². The van der Waals surface area contributed by atoms with Gasteiger partial charge in [-0.3, -0.25) is 4.79 Å². The summed E-state index contributed by atoms with van der Waals surface area (Å²) in [4.78, 5) is 15.6. The Morgan fingerprint density at radius 3 is 2.56 bits per heavy atom. The number of carbonyl (C=O) groups is 1. The van der Waals surface area contributed by atoms with Crippen LogP contribution in [-0.2, 0) is 4.79 Å². The van der Waals surface area contributed by atoms with E-state index in [-0.39, 0.29) is 11.7 Å². The van der Waals surface area contributed by atoms with Gasteiger partial charge in [-0.15, -0.1) is 0 Å². The van der Waals surface area contributed by atoms with Crippen LogP contribution in [0.2, 0.25) is 0 Å². The van der Waals surface area contributed by atoms with E-state index in [4.69, 9.17) is 0 Å². The predicted molar refractivity (Wildman–Crippen MR) is 73.6 cm³/mol. The van der Waals surface area contributed by atoms with Crippen LogP contribution in [0.4, 0.5) is 10.1 Å². The molecule has 1 heterocycles. The lowest BCUT2D eigenvalue weighted by Crippen LogP contribution is -2.49. The SMILES string of the molecule is CSCC(=O)N1CCN(c2ccccc2F)CC1. The first-order valence-corrected chi connectivity index (χ1v) is 7.38. The highest BCUT2D eigenvalue weighted by molar-refractivity contribution is 7.99. The van der Waals surface area contributed by atoms with E-state index in [1.54, 1.807) is 12.1 Å². The van der Waals surface area contributed by atoms with Gasteiger partial charge in [0.25, 0.3) is 0 Å². The fourth-order valence-corrected chi connectivity index (χ4v) is 2.55. The molecule has 1 fully saturated rings. The van der Waals surface area contributed by atoms with Crippen molar-refractivity contribution in [2.24, 2.45) is 0 Å². The van der Waals surface area contributed by atoms with Crippen LogP contribution in [0.3, 0.4) is 0 Å². The first kappa shape index (κ1) is 13.2. The molecule has 0 spiro atoms. The Hall–Kier alpha value is -1.23. The van der Waals surface area contributed by atoms with Crippen LogP contribution in [0.1, 0.15) is 0 Å². The lowest BCUT2D eigenvalue weighted by molar-refractivity contribution is -0.128. The van der Waals surface area contributed by atoms with Crippen molar-refractivity contribution in [3.05, 3.63) is 30.1 Å². The number of amides is 1. The predicted octanol–water partition coefficient (Wildman–Crippen LogP) is 1.84. The lowest BCUT2D eigenvalue weighted by atomic mass is 10.2. The number of benzene rings is 1. The molecule has 0 atom stereocenters. The van der Waals surface area contributed by atoms with Crippen molar-refractivity contribution in [1.82, 2.24) is 4.90 Å². The normalized spacial score (nSPS) is 15.9. The van der Waals surface area contributed by atoms with E-state index in [1.165, 1.54) is 17.8 Å². The summed E-state index contributed by atoms with van der Waals surface area (Å²) in [5.74, 6) is 0.511. The molecule has 0 unspecified atom stereocenters. The Bertz CT molecular complexity index is 419. The zero-order valence-corrected chi connectivity index (χ0v) is 11.3. The molecule has 1 aliphatic rings. The lowest BCUT2D eigenvalue weighted by Gasteiger charge is -2.36. The van der Waals surface area contributed by atoms with Crippen LogP contribution in [-0.4, -0.2) is 49.0 Å². The van der Waals surface area contributed by atoms with Gasteiger partial charge in [-0.2, -0.15) is 11.8 Å². The van der Waals surface area contributed by atoms with Crippen LogP contribution >= 0.6 is 11.8 Å². The minimum atomic E-state index is -0.193. The number of rotatable bonds is 3. The molecular formula is C13H17FN2OS.